The Hall–Kier alpha value is -1.26. The van der Waals surface area contributed by atoms with E-state index in [1.807, 2.05) is 24.3 Å². The zero-order valence-corrected chi connectivity index (χ0v) is 16.5. The molecule has 120 valence electrons. The van der Waals surface area contributed by atoms with Crippen molar-refractivity contribution in [1.29, 1.82) is 0 Å². The van der Waals surface area contributed by atoms with Crippen LogP contribution in [0.25, 0.3) is 5.57 Å². The van der Waals surface area contributed by atoms with E-state index in [0.29, 0.717) is 6.61 Å². The van der Waals surface area contributed by atoms with Gasteiger partial charge in [-0.3, -0.25) is 0 Å². The number of hydrogen-bond acceptors (Lipinski definition) is 2. The van der Waals surface area contributed by atoms with Gasteiger partial charge in [-0.2, -0.15) is 0 Å². The predicted octanol–water partition coefficient (Wildman–Crippen LogP) is 6.15. The molecule has 2 aromatic rings. The van der Waals surface area contributed by atoms with Gasteiger partial charge in [0.1, 0.15) is 18.1 Å². The van der Waals surface area contributed by atoms with Crippen molar-refractivity contribution in [2.45, 2.75) is 26.9 Å². The third-order valence-electron chi connectivity index (χ3n) is 4.29. The van der Waals surface area contributed by atoms with E-state index in [2.05, 4.69) is 51.8 Å². The van der Waals surface area contributed by atoms with Crippen molar-refractivity contribution in [2.24, 2.45) is 0 Å². The molecule has 0 fully saturated rings. The Bertz CT molecular complexity index is 777. The van der Waals surface area contributed by atoms with E-state index >= 15 is 0 Å². The summed E-state index contributed by atoms with van der Waals surface area (Å²) in [6.07, 6.45) is 0.972. The maximum Gasteiger partial charge on any atom is 0.135 e. The summed E-state index contributed by atoms with van der Waals surface area (Å²) >= 11 is 7.42. The molecular formula is C19H18Br2O2. The van der Waals surface area contributed by atoms with E-state index in [4.69, 9.17) is 9.47 Å². The van der Waals surface area contributed by atoms with Crippen LogP contribution in [0.4, 0.5) is 0 Å². The van der Waals surface area contributed by atoms with Gasteiger partial charge in [-0.1, -0.05) is 33.6 Å². The average Bonchev–Trinajstić information content (AvgIpc) is 2.86. The van der Waals surface area contributed by atoms with Gasteiger partial charge in [0, 0.05) is 4.47 Å². The van der Waals surface area contributed by atoms with Crippen LogP contribution >= 0.6 is 31.9 Å². The highest BCUT2D eigenvalue weighted by Gasteiger charge is 2.23. The topological polar surface area (TPSA) is 18.5 Å². The molecular weight excluding hydrogens is 420 g/mol. The van der Waals surface area contributed by atoms with Crippen molar-refractivity contribution in [3.05, 3.63) is 61.5 Å². The minimum atomic E-state index is 0.527. The molecule has 0 saturated heterocycles. The zero-order chi connectivity index (χ0) is 16.6. The Kier molecular flexibility index (Phi) is 4.83. The molecule has 1 aliphatic rings. The summed E-state index contributed by atoms with van der Waals surface area (Å²) < 4.78 is 13.4. The normalized spacial score (nSPS) is 13.3. The Morgan fingerprint density at radius 1 is 1.09 bits per heavy atom. The molecule has 2 aromatic carbocycles. The number of hydrogen-bond donors (Lipinski definition) is 0. The second kappa shape index (κ2) is 6.70. The van der Waals surface area contributed by atoms with Crippen molar-refractivity contribution in [1.82, 2.24) is 0 Å². The standard InChI is InChI=1S/C19H18Br2O2/c1-11-8-15-18(12(11)2)16(20)9-17(19(15)21)23-10-13-4-6-14(22-3)7-5-13/h4-7,9H,8,10H2,1-3H3. The molecule has 0 aliphatic heterocycles. The molecule has 0 unspecified atom stereocenters. The van der Waals surface area contributed by atoms with Gasteiger partial charge in [-0.25, -0.2) is 0 Å². The van der Waals surface area contributed by atoms with Crippen LogP contribution in [0.2, 0.25) is 0 Å². The lowest BCUT2D eigenvalue weighted by Gasteiger charge is -2.14. The van der Waals surface area contributed by atoms with Crippen molar-refractivity contribution >= 4 is 37.4 Å². The quantitative estimate of drug-likeness (QED) is 0.571. The minimum absolute atomic E-state index is 0.527. The number of fused-ring (bicyclic) bond motifs is 1. The number of ether oxygens (including phenoxy) is 2. The van der Waals surface area contributed by atoms with E-state index in [-0.39, 0.29) is 0 Å². The monoisotopic (exact) mass is 436 g/mol. The van der Waals surface area contributed by atoms with E-state index < -0.39 is 0 Å². The lowest BCUT2D eigenvalue weighted by molar-refractivity contribution is 0.303. The summed E-state index contributed by atoms with van der Waals surface area (Å²) in [5, 5.41) is 0. The van der Waals surface area contributed by atoms with Gasteiger partial charge in [-0.15, -0.1) is 0 Å². The smallest absolute Gasteiger partial charge is 0.135 e. The summed E-state index contributed by atoms with van der Waals surface area (Å²) in [6.45, 7) is 4.89. The van der Waals surface area contributed by atoms with Crippen molar-refractivity contribution < 1.29 is 9.47 Å². The van der Waals surface area contributed by atoms with E-state index in [1.165, 1.54) is 22.3 Å². The molecule has 4 heteroatoms. The number of methoxy groups -OCH3 is 1. The molecule has 0 heterocycles. The van der Waals surface area contributed by atoms with Gasteiger partial charge < -0.3 is 9.47 Å². The second-order valence-electron chi connectivity index (χ2n) is 5.74. The Morgan fingerprint density at radius 2 is 1.78 bits per heavy atom. The van der Waals surface area contributed by atoms with Gasteiger partial charge in [-0.05, 0) is 76.7 Å². The maximum atomic E-state index is 6.04. The summed E-state index contributed by atoms with van der Waals surface area (Å²) in [5.41, 5.74) is 6.48. The van der Waals surface area contributed by atoms with Crippen LogP contribution < -0.4 is 9.47 Å². The molecule has 0 saturated carbocycles. The fourth-order valence-electron chi connectivity index (χ4n) is 2.82. The summed E-state index contributed by atoms with van der Waals surface area (Å²) in [7, 11) is 1.67. The van der Waals surface area contributed by atoms with E-state index in [9.17, 15) is 0 Å². The molecule has 0 N–H and O–H groups in total. The third-order valence-corrected chi connectivity index (χ3v) is 5.79. The molecule has 0 bridgehead atoms. The van der Waals surface area contributed by atoms with Gasteiger partial charge in [0.2, 0.25) is 0 Å². The molecule has 2 nitrogen and oxygen atoms in total. The van der Waals surface area contributed by atoms with Crippen LogP contribution in [0.5, 0.6) is 11.5 Å². The van der Waals surface area contributed by atoms with Crippen molar-refractivity contribution in [2.75, 3.05) is 7.11 Å². The van der Waals surface area contributed by atoms with Crippen LogP contribution in [-0.4, -0.2) is 7.11 Å². The Morgan fingerprint density at radius 3 is 2.43 bits per heavy atom. The molecule has 23 heavy (non-hydrogen) atoms. The van der Waals surface area contributed by atoms with Crippen LogP contribution in [0.3, 0.4) is 0 Å². The highest BCUT2D eigenvalue weighted by molar-refractivity contribution is 9.11. The lowest BCUT2D eigenvalue weighted by Crippen LogP contribution is -1.99. The molecule has 1 aliphatic carbocycles. The SMILES string of the molecule is COc1ccc(COc2cc(Br)c3c(c2Br)CC(C)=C3C)cc1. The van der Waals surface area contributed by atoms with Gasteiger partial charge in [0.25, 0.3) is 0 Å². The van der Waals surface area contributed by atoms with Gasteiger partial charge in [0.15, 0.2) is 0 Å². The number of allylic oxidation sites excluding steroid dienone is 2. The molecule has 0 radical (unpaired) electrons. The fourth-order valence-corrected chi connectivity index (χ4v) is 4.14. The average molecular weight is 438 g/mol. The molecule has 0 spiro atoms. The first kappa shape index (κ1) is 16.6. The Labute approximate surface area is 153 Å². The molecule has 0 atom stereocenters. The highest BCUT2D eigenvalue weighted by atomic mass is 79.9. The first-order chi connectivity index (χ1) is 11.0. The number of benzene rings is 2. The minimum Gasteiger partial charge on any atom is -0.497 e. The van der Waals surface area contributed by atoms with Gasteiger partial charge >= 0.3 is 0 Å². The summed E-state index contributed by atoms with van der Waals surface area (Å²) in [5.74, 6) is 1.72. The fraction of sp³-hybridized carbons (Fsp3) is 0.263. The summed E-state index contributed by atoms with van der Waals surface area (Å²) in [6, 6.07) is 9.98. The molecule has 0 aromatic heterocycles. The van der Waals surface area contributed by atoms with Crippen LogP contribution in [-0.2, 0) is 13.0 Å². The maximum absolute atomic E-state index is 6.04. The predicted molar refractivity (Wildman–Crippen MR) is 101 cm³/mol. The zero-order valence-electron chi connectivity index (χ0n) is 13.4. The van der Waals surface area contributed by atoms with Crippen molar-refractivity contribution in [3.8, 4) is 11.5 Å². The van der Waals surface area contributed by atoms with Crippen LogP contribution in [0, 0.1) is 0 Å². The second-order valence-corrected chi connectivity index (χ2v) is 7.39. The van der Waals surface area contributed by atoms with Crippen molar-refractivity contribution in [3.63, 3.8) is 0 Å². The van der Waals surface area contributed by atoms with E-state index in [1.54, 1.807) is 7.11 Å². The first-order valence-electron chi connectivity index (χ1n) is 7.44. The largest absolute Gasteiger partial charge is 0.497 e. The third kappa shape index (κ3) is 3.20. The lowest BCUT2D eigenvalue weighted by atomic mass is 10.1. The Balaban J connectivity index is 1.82. The molecule has 0 amide bonds. The first-order valence-corrected chi connectivity index (χ1v) is 9.03. The van der Waals surface area contributed by atoms with E-state index in [0.717, 1.165) is 32.4 Å². The van der Waals surface area contributed by atoms with Gasteiger partial charge in [0.05, 0.1) is 11.6 Å². The van der Waals surface area contributed by atoms with Crippen LogP contribution in [0.15, 0.2) is 44.9 Å². The number of rotatable bonds is 4. The summed E-state index contributed by atoms with van der Waals surface area (Å²) in [4.78, 5) is 0. The van der Waals surface area contributed by atoms with Crippen LogP contribution in [0.1, 0.15) is 30.5 Å². The highest BCUT2D eigenvalue weighted by Crippen LogP contribution is 2.45. The molecule has 3 rings (SSSR count). The number of halogens is 2.